The third-order valence-electron chi connectivity index (χ3n) is 9.46. The van der Waals surface area contributed by atoms with Gasteiger partial charge in [0.05, 0.1) is 18.4 Å². The van der Waals surface area contributed by atoms with E-state index in [4.69, 9.17) is 31.8 Å². The second-order valence-electron chi connectivity index (χ2n) is 12.3. The molecule has 10 nitrogen and oxygen atoms in total. The zero-order valence-corrected chi connectivity index (χ0v) is 26.1. The molecule has 3 N–H and O–H groups in total. The van der Waals surface area contributed by atoms with Crippen LogP contribution in [0.5, 0.6) is 5.75 Å². The van der Waals surface area contributed by atoms with Crippen LogP contribution in [0, 0.1) is 22.7 Å². The molecule has 2 fully saturated rings. The van der Waals surface area contributed by atoms with E-state index in [1.807, 2.05) is 36.4 Å². The summed E-state index contributed by atoms with van der Waals surface area (Å²) in [5.74, 6) is 1.37. The van der Waals surface area contributed by atoms with Crippen LogP contribution in [0.25, 0.3) is 11.3 Å². The quantitative estimate of drug-likeness (QED) is 0.295. The fourth-order valence-corrected chi connectivity index (χ4v) is 6.77. The summed E-state index contributed by atoms with van der Waals surface area (Å²) in [5, 5.41) is 19.5. The third kappa shape index (κ3) is 7.01. The number of carbonyl (C=O) groups is 1. The lowest BCUT2D eigenvalue weighted by Gasteiger charge is -2.37. The largest absolute Gasteiger partial charge is 0.489 e. The van der Waals surface area contributed by atoms with Crippen LogP contribution in [0.15, 0.2) is 42.5 Å². The number of aromatic nitrogens is 2. The van der Waals surface area contributed by atoms with Gasteiger partial charge in [-0.3, -0.25) is 9.69 Å². The maximum absolute atomic E-state index is 11.5. The number of benzene rings is 2. The minimum atomic E-state index is -1.22. The molecule has 3 aliphatic rings. The highest BCUT2D eigenvalue weighted by Gasteiger charge is 2.42. The SMILES string of the molecule is N#C[C@]1(C(=O)O)CC[C@@H](COCCN2CCN(c3nc(N)nc4c3CCc3cc(OCc5ccc(Cl)cc5)ccc3-4)CC2)CC1. The molecule has 11 heteroatoms. The molecule has 0 bridgehead atoms. The lowest BCUT2D eigenvalue weighted by Crippen LogP contribution is -2.48. The Morgan fingerprint density at radius 2 is 1.84 bits per heavy atom. The van der Waals surface area contributed by atoms with Gasteiger partial charge in [0, 0.05) is 55.5 Å². The summed E-state index contributed by atoms with van der Waals surface area (Å²) in [4.78, 5) is 25.6. The molecule has 2 heterocycles. The van der Waals surface area contributed by atoms with Crippen molar-refractivity contribution in [2.45, 2.75) is 45.1 Å². The second kappa shape index (κ2) is 13.6. The molecule has 1 aromatic heterocycles. The van der Waals surface area contributed by atoms with Crippen molar-refractivity contribution in [2.75, 3.05) is 56.6 Å². The van der Waals surface area contributed by atoms with Crippen LogP contribution in [0.3, 0.4) is 0 Å². The Morgan fingerprint density at radius 1 is 1.09 bits per heavy atom. The number of piperazine rings is 1. The molecule has 0 amide bonds. The number of aliphatic carboxylic acids is 1. The van der Waals surface area contributed by atoms with Crippen molar-refractivity contribution in [2.24, 2.45) is 11.3 Å². The molecule has 2 aromatic carbocycles. The fraction of sp³-hybridized carbons (Fsp3) is 0.471. The van der Waals surface area contributed by atoms with E-state index in [-0.39, 0.29) is 5.95 Å². The number of nitrogen functional groups attached to an aromatic ring is 1. The Bertz CT molecular complexity index is 1560. The number of aryl methyl sites for hydroxylation is 1. The highest BCUT2D eigenvalue weighted by atomic mass is 35.5. The molecule has 0 unspecified atom stereocenters. The lowest BCUT2D eigenvalue weighted by molar-refractivity contribution is -0.147. The number of rotatable bonds is 10. The average molecular weight is 631 g/mol. The van der Waals surface area contributed by atoms with Gasteiger partial charge in [-0.05, 0) is 85.9 Å². The number of nitriles is 1. The Hall–Kier alpha value is -3.91. The number of carboxylic acid groups (broad SMARTS) is 1. The summed E-state index contributed by atoms with van der Waals surface area (Å²) in [6.45, 7) is 6.07. The van der Waals surface area contributed by atoms with E-state index < -0.39 is 11.4 Å². The Labute approximate surface area is 268 Å². The summed E-state index contributed by atoms with van der Waals surface area (Å²) >= 11 is 6.00. The number of halogens is 1. The van der Waals surface area contributed by atoms with Gasteiger partial charge in [0.1, 0.15) is 18.2 Å². The fourth-order valence-electron chi connectivity index (χ4n) is 6.65. The minimum Gasteiger partial charge on any atom is -0.489 e. The van der Waals surface area contributed by atoms with E-state index in [0.717, 1.165) is 79.5 Å². The van der Waals surface area contributed by atoms with Crippen molar-refractivity contribution < 1.29 is 19.4 Å². The highest BCUT2D eigenvalue weighted by molar-refractivity contribution is 6.30. The Morgan fingerprint density at radius 3 is 2.56 bits per heavy atom. The van der Waals surface area contributed by atoms with Crippen LogP contribution in [0.1, 0.15) is 42.4 Å². The average Bonchev–Trinajstić information content (AvgIpc) is 3.06. The summed E-state index contributed by atoms with van der Waals surface area (Å²) in [6, 6.07) is 15.9. The van der Waals surface area contributed by atoms with Gasteiger partial charge in [-0.15, -0.1) is 0 Å². The smallest absolute Gasteiger partial charge is 0.324 e. The van der Waals surface area contributed by atoms with Crippen molar-refractivity contribution in [3.05, 3.63) is 64.2 Å². The van der Waals surface area contributed by atoms with Crippen LogP contribution >= 0.6 is 11.6 Å². The van der Waals surface area contributed by atoms with Crippen molar-refractivity contribution in [3.8, 4) is 23.1 Å². The predicted octanol–water partition coefficient (Wildman–Crippen LogP) is 4.98. The standard InChI is InChI=1S/C34H39ClN6O4/c35-26-4-1-23(2-5-26)21-45-27-6-8-28-25(19-27)3-7-29-30(28)38-33(37)39-31(29)41-15-13-40(14-16-41)17-18-44-20-24-9-11-34(22-36,12-10-24)32(42)43/h1-2,4-6,8,19,24H,3,7,9-18,20-21H2,(H,42,43)(H2,37,38,39)/t24-,34+. The van der Waals surface area contributed by atoms with E-state index in [1.165, 1.54) is 5.56 Å². The first-order valence-electron chi connectivity index (χ1n) is 15.7. The number of carboxylic acids is 1. The zero-order chi connectivity index (χ0) is 31.4. The first-order chi connectivity index (χ1) is 21.8. The molecule has 236 valence electrons. The molecule has 1 aliphatic heterocycles. The van der Waals surface area contributed by atoms with E-state index in [0.29, 0.717) is 56.4 Å². The van der Waals surface area contributed by atoms with Crippen molar-refractivity contribution in [1.29, 1.82) is 5.26 Å². The van der Waals surface area contributed by atoms with Gasteiger partial charge in [0.2, 0.25) is 5.95 Å². The molecule has 6 rings (SSSR count). The lowest BCUT2D eigenvalue weighted by atomic mass is 9.71. The van der Waals surface area contributed by atoms with Gasteiger partial charge < -0.3 is 25.2 Å². The molecule has 0 atom stereocenters. The highest BCUT2D eigenvalue weighted by Crippen LogP contribution is 2.40. The Kier molecular flexibility index (Phi) is 9.40. The molecule has 3 aromatic rings. The number of nitrogens with two attached hydrogens (primary N) is 1. The summed E-state index contributed by atoms with van der Waals surface area (Å²) < 4.78 is 12.1. The maximum Gasteiger partial charge on any atom is 0.324 e. The minimum absolute atomic E-state index is 0.286. The van der Waals surface area contributed by atoms with Gasteiger partial charge in [0.25, 0.3) is 0 Å². The van der Waals surface area contributed by atoms with Crippen molar-refractivity contribution in [1.82, 2.24) is 14.9 Å². The molecular formula is C34H39ClN6O4. The number of nitrogens with zero attached hydrogens (tertiary/aromatic N) is 5. The summed E-state index contributed by atoms with van der Waals surface area (Å²) in [5.41, 5.74) is 10.4. The molecule has 0 spiro atoms. The van der Waals surface area contributed by atoms with Crippen LogP contribution < -0.4 is 15.4 Å². The molecule has 45 heavy (non-hydrogen) atoms. The number of hydrogen-bond donors (Lipinski definition) is 2. The van der Waals surface area contributed by atoms with Crippen LogP contribution in [-0.4, -0.2) is 71.9 Å². The monoisotopic (exact) mass is 630 g/mol. The van der Waals surface area contributed by atoms with E-state index in [2.05, 4.69) is 26.9 Å². The topological polar surface area (TPSA) is 138 Å². The van der Waals surface area contributed by atoms with Gasteiger partial charge in [-0.25, -0.2) is 4.98 Å². The number of anilines is 2. The van der Waals surface area contributed by atoms with Crippen molar-refractivity contribution >= 4 is 29.3 Å². The van der Waals surface area contributed by atoms with Gasteiger partial charge in [-0.1, -0.05) is 23.7 Å². The van der Waals surface area contributed by atoms with Crippen LogP contribution in [0.2, 0.25) is 5.02 Å². The summed E-state index contributed by atoms with van der Waals surface area (Å²) in [6.07, 6.45) is 3.96. The molecule has 1 saturated carbocycles. The molecule has 2 aliphatic carbocycles. The van der Waals surface area contributed by atoms with E-state index >= 15 is 0 Å². The predicted molar refractivity (Wildman–Crippen MR) is 172 cm³/mol. The molecular weight excluding hydrogens is 592 g/mol. The molecule has 0 radical (unpaired) electrons. The first-order valence-corrected chi connectivity index (χ1v) is 16.1. The first kappa shape index (κ1) is 31.1. The Balaban J connectivity index is 1.00. The normalized spacial score (nSPS) is 21.4. The van der Waals surface area contributed by atoms with Crippen LogP contribution in [-0.2, 0) is 29.0 Å². The number of hydrogen-bond acceptors (Lipinski definition) is 9. The number of ether oxygens (including phenoxy) is 2. The number of fused-ring (bicyclic) bond motifs is 3. The van der Waals surface area contributed by atoms with Gasteiger partial charge in [-0.2, -0.15) is 10.2 Å². The van der Waals surface area contributed by atoms with Gasteiger partial charge in [0.15, 0.2) is 5.41 Å². The van der Waals surface area contributed by atoms with E-state index in [9.17, 15) is 15.2 Å². The zero-order valence-electron chi connectivity index (χ0n) is 25.4. The summed E-state index contributed by atoms with van der Waals surface area (Å²) in [7, 11) is 0. The second-order valence-corrected chi connectivity index (χ2v) is 12.7. The van der Waals surface area contributed by atoms with E-state index in [1.54, 1.807) is 0 Å². The third-order valence-corrected chi connectivity index (χ3v) is 9.71. The van der Waals surface area contributed by atoms with Crippen LogP contribution in [0.4, 0.5) is 11.8 Å². The van der Waals surface area contributed by atoms with Crippen molar-refractivity contribution in [3.63, 3.8) is 0 Å². The maximum atomic E-state index is 11.5. The molecule has 1 saturated heterocycles. The van der Waals surface area contributed by atoms with Gasteiger partial charge >= 0.3 is 5.97 Å².